The smallest absolute Gasteiger partial charge is 0.0541 e. The van der Waals surface area contributed by atoms with Gasteiger partial charge in [-0.2, -0.15) is 0 Å². The summed E-state index contributed by atoms with van der Waals surface area (Å²) in [6, 6.07) is 43.1. The Morgan fingerprint density at radius 1 is 0.667 bits per heavy atom. The average Bonchev–Trinajstić information content (AvgIpc) is 3.33. The minimum absolute atomic E-state index is 1.05. The Balaban J connectivity index is 1.28. The lowest BCUT2D eigenvalue weighted by molar-refractivity contribution is 1.18. The van der Waals surface area contributed by atoms with Crippen LogP contribution in [0.4, 0.5) is 11.4 Å². The summed E-state index contributed by atoms with van der Waals surface area (Å²) in [4.78, 5) is 0. The molecule has 1 N–H and O–H groups in total. The van der Waals surface area contributed by atoms with Gasteiger partial charge in [0.15, 0.2) is 0 Å². The van der Waals surface area contributed by atoms with Crippen LogP contribution in [0.5, 0.6) is 0 Å². The Bertz CT molecular complexity index is 1820. The van der Waals surface area contributed by atoms with Crippen molar-refractivity contribution in [3.8, 4) is 16.8 Å². The van der Waals surface area contributed by atoms with Gasteiger partial charge in [0.25, 0.3) is 0 Å². The number of nitrogens with one attached hydrogen (secondary N) is 1. The summed E-state index contributed by atoms with van der Waals surface area (Å²) in [6.07, 6.45) is 8.01. The maximum Gasteiger partial charge on any atom is 0.0541 e. The zero-order valence-electron chi connectivity index (χ0n) is 22.0. The van der Waals surface area contributed by atoms with E-state index in [9.17, 15) is 0 Å². The maximum absolute atomic E-state index is 3.94. The van der Waals surface area contributed by atoms with E-state index in [1.165, 1.54) is 38.6 Å². The Morgan fingerprint density at radius 3 is 2.03 bits per heavy atom. The van der Waals surface area contributed by atoms with E-state index in [0.29, 0.717) is 0 Å². The van der Waals surface area contributed by atoms with E-state index in [1.54, 1.807) is 0 Å². The number of allylic oxidation sites excluding steroid dienone is 5. The van der Waals surface area contributed by atoms with E-state index in [-0.39, 0.29) is 0 Å². The Labute approximate surface area is 229 Å². The van der Waals surface area contributed by atoms with E-state index < -0.39 is 0 Å². The summed E-state index contributed by atoms with van der Waals surface area (Å²) in [5.41, 5.74) is 10.4. The Hall–Kier alpha value is -5.08. The van der Waals surface area contributed by atoms with Gasteiger partial charge in [0.2, 0.25) is 0 Å². The number of rotatable bonds is 7. The molecule has 0 aliphatic carbocycles. The van der Waals surface area contributed by atoms with Crippen molar-refractivity contribution in [2.24, 2.45) is 0 Å². The van der Waals surface area contributed by atoms with Crippen LogP contribution in [0.3, 0.4) is 0 Å². The normalized spacial score (nSPS) is 11.9. The lowest BCUT2D eigenvalue weighted by Crippen LogP contribution is -1.93. The highest BCUT2D eigenvalue weighted by Crippen LogP contribution is 2.35. The van der Waals surface area contributed by atoms with Crippen molar-refractivity contribution in [3.05, 3.63) is 158 Å². The number of aromatic nitrogens is 1. The molecule has 6 rings (SSSR count). The standard InChI is InChI=1S/C37H30N2/c1-3-5-11-27(4-2)28-16-21-31(22-17-28)38-32-23-18-29(19-24-32)30-20-25-37-35(26-30)34-14-9-10-15-36(34)39(37)33-12-7-6-8-13-33/h3-26,38H,2H2,1H3/b5-3-,27-11+. The molecule has 2 heteroatoms. The second-order valence-corrected chi connectivity index (χ2v) is 9.55. The molecule has 1 heterocycles. The summed E-state index contributed by atoms with van der Waals surface area (Å²) in [6.45, 7) is 5.95. The number of fused-ring (bicyclic) bond motifs is 3. The van der Waals surface area contributed by atoms with Gasteiger partial charge in [-0.3, -0.25) is 0 Å². The summed E-state index contributed by atoms with van der Waals surface area (Å²) < 4.78 is 2.35. The summed E-state index contributed by atoms with van der Waals surface area (Å²) in [5.74, 6) is 0. The Morgan fingerprint density at radius 2 is 1.31 bits per heavy atom. The van der Waals surface area contributed by atoms with Gasteiger partial charge < -0.3 is 9.88 Å². The van der Waals surface area contributed by atoms with E-state index in [4.69, 9.17) is 0 Å². The predicted molar refractivity (Wildman–Crippen MR) is 169 cm³/mol. The summed E-state index contributed by atoms with van der Waals surface area (Å²) >= 11 is 0. The first kappa shape index (κ1) is 24.3. The zero-order chi connectivity index (χ0) is 26.6. The van der Waals surface area contributed by atoms with Crippen molar-refractivity contribution < 1.29 is 0 Å². The third-order valence-electron chi connectivity index (χ3n) is 7.10. The van der Waals surface area contributed by atoms with E-state index >= 15 is 0 Å². The van der Waals surface area contributed by atoms with Crippen molar-refractivity contribution in [3.63, 3.8) is 0 Å². The molecule has 39 heavy (non-hydrogen) atoms. The predicted octanol–water partition coefficient (Wildman–Crippen LogP) is 10.3. The molecule has 0 amide bonds. The molecule has 0 atom stereocenters. The first-order valence-electron chi connectivity index (χ1n) is 13.3. The number of hydrogen-bond acceptors (Lipinski definition) is 1. The zero-order valence-corrected chi connectivity index (χ0v) is 22.0. The van der Waals surface area contributed by atoms with E-state index in [1.807, 2.05) is 25.2 Å². The molecule has 0 radical (unpaired) electrons. The highest BCUT2D eigenvalue weighted by Gasteiger charge is 2.12. The molecule has 6 aromatic rings. The van der Waals surface area contributed by atoms with E-state index in [2.05, 4.69) is 144 Å². The maximum atomic E-state index is 3.94. The minimum Gasteiger partial charge on any atom is -0.356 e. The number of benzene rings is 5. The van der Waals surface area contributed by atoms with Gasteiger partial charge in [0.05, 0.1) is 11.0 Å². The third kappa shape index (κ3) is 4.81. The largest absolute Gasteiger partial charge is 0.356 e. The SMILES string of the molecule is C=C/C(=C\C=C/C)c1ccc(Nc2ccc(-c3ccc4c(c3)c3ccccc3n4-c3ccccc3)cc2)cc1. The Kier molecular flexibility index (Phi) is 6.67. The van der Waals surface area contributed by atoms with Gasteiger partial charge in [-0.1, -0.05) is 97.6 Å². The second-order valence-electron chi connectivity index (χ2n) is 9.55. The van der Waals surface area contributed by atoms with Crippen LogP contribution in [-0.4, -0.2) is 4.57 Å². The average molecular weight is 503 g/mol. The molecule has 0 aliphatic rings. The molecule has 5 aromatic carbocycles. The van der Waals surface area contributed by atoms with Crippen LogP contribution in [-0.2, 0) is 0 Å². The van der Waals surface area contributed by atoms with Crippen LogP contribution in [0.25, 0.3) is 44.2 Å². The van der Waals surface area contributed by atoms with Crippen LogP contribution in [0.15, 0.2) is 152 Å². The molecule has 188 valence electrons. The minimum atomic E-state index is 1.05. The molecule has 0 spiro atoms. The summed E-state index contributed by atoms with van der Waals surface area (Å²) in [5, 5.41) is 6.05. The quantitative estimate of drug-likeness (QED) is 0.215. The molecule has 0 unspecified atom stereocenters. The van der Waals surface area contributed by atoms with Gasteiger partial charge in [-0.15, -0.1) is 0 Å². The van der Waals surface area contributed by atoms with Gasteiger partial charge in [0, 0.05) is 27.8 Å². The van der Waals surface area contributed by atoms with Gasteiger partial charge >= 0.3 is 0 Å². The van der Waals surface area contributed by atoms with Crippen molar-refractivity contribution >= 4 is 38.8 Å². The van der Waals surface area contributed by atoms with Crippen molar-refractivity contribution in [1.82, 2.24) is 4.57 Å². The number of anilines is 2. The molecule has 0 saturated heterocycles. The molecule has 0 aliphatic heterocycles. The number of nitrogens with zero attached hydrogens (tertiary/aromatic N) is 1. The highest BCUT2D eigenvalue weighted by atomic mass is 15.0. The van der Waals surface area contributed by atoms with E-state index in [0.717, 1.165) is 22.5 Å². The highest BCUT2D eigenvalue weighted by molar-refractivity contribution is 6.10. The summed E-state index contributed by atoms with van der Waals surface area (Å²) in [7, 11) is 0. The number of para-hydroxylation sites is 2. The molecular formula is C37H30N2. The van der Waals surface area contributed by atoms with Crippen molar-refractivity contribution in [1.29, 1.82) is 0 Å². The first-order chi connectivity index (χ1) is 19.2. The van der Waals surface area contributed by atoms with Crippen LogP contribution >= 0.6 is 0 Å². The fourth-order valence-corrected chi connectivity index (χ4v) is 5.15. The monoisotopic (exact) mass is 502 g/mol. The van der Waals surface area contributed by atoms with Crippen LogP contribution in [0.2, 0.25) is 0 Å². The second kappa shape index (κ2) is 10.7. The first-order valence-corrected chi connectivity index (χ1v) is 13.3. The molecule has 0 fully saturated rings. The number of hydrogen-bond donors (Lipinski definition) is 1. The van der Waals surface area contributed by atoms with Crippen LogP contribution in [0, 0.1) is 0 Å². The fourth-order valence-electron chi connectivity index (χ4n) is 5.15. The molecule has 1 aromatic heterocycles. The van der Waals surface area contributed by atoms with Gasteiger partial charge in [0.1, 0.15) is 0 Å². The van der Waals surface area contributed by atoms with Crippen molar-refractivity contribution in [2.75, 3.05) is 5.32 Å². The molecule has 0 saturated carbocycles. The lowest BCUT2D eigenvalue weighted by atomic mass is 10.0. The van der Waals surface area contributed by atoms with Crippen LogP contribution in [0.1, 0.15) is 12.5 Å². The molecule has 2 nitrogen and oxygen atoms in total. The third-order valence-corrected chi connectivity index (χ3v) is 7.10. The topological polar surface area (TPSA) is 17.0 Å². The van der Waals surface area contributed by atoms with Crippen LogP contribution < -0.4 is 5.32 Å². The lowest BCUT2D eigenvalue weighted by Gasteiger charge is -2.10. The fraction of sp³-hybridized carbons (Fsp3) is 0.0270. The molecular weight excluding hydrogens is 472 g/mol. The van der Waals surface area contributed by atoms with Crippen molar-refractivity contribution in [2.45, 2.75) is 6.92 Å². The van der Waals surface area contributed by atoms with Gasteiger partial charge in [-0.05, 0) is 83.8 Å². The van der Waals surface area contributed by atoms with Gasteiger partial charge in [-0.25, -0.2) is 0 Å². The molecule has 0 bridgehead atoms.